The maximum absolute atomic E-state index is 12.5. The predicted octanol–water partition coefficient (Wildman–Crippen LogP) is 2.15. The molecule has 124 valence electrons. The molecule has 3 fully saturated rings. The lowest BCUT2D eigenvalue weighted by molar-refractivity contribution is -0.152. The number of carbonyl (C=O) groups excluding carboxylic acids is 1. The lowest BCUT2D eigenvalue weighted by Crippen LogP contribution is -2.61. The fourth-order valence-electron chi connectivity index (χ4n) is 4.26. The minimum Gasteiger partial charge on any atom is -0.480 e. The van der Waals surface area contributed by atoms with Gasteiger partial charge in [-0.3, -0.25) is 9.69 Å². The summed E-state index contributed by atoms with van der Waals surface area (Å²) in [5.41, 5.74) is -0.968. The van der Waals surface area contributed by atoms with Crippen LogP contribution in [-0.4, -0.2) is 46.6 Å². The molecular formula is C17H28N2O3. The second kappa shape index (κ2) is 6.57. The van der Waals surface area contributed by atoms with Crippen LogP contribution in [0.4, 0.5) is 0 Å². The fourth-order valence-corrected chi connectivity index (χ4v) is 4.26. The molecule has 0 aromatic rings. The second-order valence-electron chi connectivity index (χ2n) is 7.36. The van der Waals surface area contributed by atoms with Crippen molar-refractivity contribution in [3.05, 3.63) is 0 Å². The van der Waals surface area contributed by atoms with E-state index in [0.717, 1.165) is 32.4 Å². The van der Waals surface area contributed by atoms with Crippen LogP contribution in [0.15, 0.2) is 0 Å². The number of nitrogens with zero attached hydrogens (tertiary/aromatic N) is 1. The topological polar surface area (TPSA) is 69.6 Å². The molecule has 0 spiro atoms. The predicted molar refractivity (Wildman–Crippen MR) is 83.5 cm³/mol. The van der Waals surface area contributed by atoms with Crippen LogP contribution < -0.4 is 5.32 Å². The summed E-state index contributed by atoms with van der Waals surface area (Å²) in [6.45, 7) is 1.91. The molecule has 2 N–H and O–H groups in total. The molecule has 1 atom stereocenters. The Morgan fingerprint density at radius 3 is 2.32 bits per heavy atom. The summed E-state index contributed by atoms with van der Waals surface area (Å²) in [6, 6.07) is 0.640. The summed E-state index contributed by atoms with van der Waals surface area (Å²) in [5, 5.41) is 12.2. The van der Waals surface area contributed by atoms with E-state index in [9.17, 15) is 14.7 Å². The van der Waals surface area contributed by atoms with Crippen molar-refractivity contribution in [3.63, 3.8) is 0 Å². The first-order valence-electron chi connectivity index (χ1n) is 8.90. The van der Waals surface area contributed by atoms with Gasteiger partial charge >= 0.3 is 5.97 Å². The number of rotatable bonds is 4. The number of likely N-dealkylation sites (tertiary alicyclic amines) is 1. The summed E-state index contributed by atoms with van der Waals surface area (Å²) in [5.74, 6) is -0.942. The molecule has 1 heterocycles. The standard InChI is InChI=1S/C17H28N2O3/c20-15(18-17(16(21)22)9-5-10-17)13-6-4-11-19(12-13)14-7-2-1-3-8-14/h13-14H,1-12H2,(H,18,20)(H,21,22)/t13-/m0/s1. The molecule has 0 radical (unpaired) electrons. The van der Waals surface area contributed by atoms with Gasteiger partial charge in [-0.25, -0.2) is 4.79 Å². The highest BCUT2D eigenvalue weighted by Crippen LogP contribution is 2.33. The number of amides is 1. The summed E-state index contributed by atoms with van der Waals surface area (Å²) in [4.78, 5) is 26.4. The Bertz CT molecular complexity index is 428. The van der Waals surface area contributed by atoms with Gasteiger partial charge in [0.1, 0.15) is 5.54 Å². The van der Waals surface area contributed by atoms with Crippen LogP contribution in [0, 0.1) is 5.92 Å². The van der Waals surface area contributed by atoms with Gasteiger partial charge in [-0.1, -0.05) is 19.3 Å². The van der Waals surface area contributed by atoms with E-state index in [4.69, 9.17) is 0 Å². The Morgan fingerprint density at radius 1 is 1.00 bits per heavy atom. The molecule has 0 aromatic carbocycles. The van der Waals surface area contributed by atoms with E-state index in [-0.39, 0.29) is 11.8 Å². The van der Waals surface area contributed by atoms with Gasteiger partial charge in [-0.05, 0) is 51.5 Å². The molecule has 1 saturated heterocycles. The minimum absolute atomic E-state index is 0.0347. The Balaban J connectivity index is 1.57. The van der Waals surface area contributed by atoms with Crippen LogP contribution in [0.25, 0.3) is 0 Å². The van der Waals surface area contributed by atoms with Gasteiger partial charge in [0.05, 0.1) is 5.92 Å². The summed E-state index contributed by atoms with van der Waals surface area (Å²) in [7, 11) is 0. The van der Waals surface area contributed by atoms with Gasteiger partial charge in [-0.2, -0.15) is 0 Å². The Kier molecular flexibility index (Phi) is 4.71. The third-order valence-corrected chi connectivity index (χ3v) is 5.89. The van der Waals surface area contributed by atoms with Crippen LogP contribution in [-0.2, 0) is 9.59 Å². The molecule has 0 unspecified atom stereocenters. The highest BCUT2D eigenvalue weighted by molar-refractivity contribution is 5.89. The molecule has 22 heavy (non-hydrogen) atoms. The largest absolute Gasteiger partial charge is 0.480 e. The van der Waals surface area contributed by atoms with Crippen LogP contribution >= 0.6 is 0 Å². The van der Waals surface area contributed by atoms with Crippen molar-refractivity contribution >= 4 is 11.9 Å². The molecule has 2 aliphatic carbocycles. The molecule has 1 amide bonds. The van der Waals surface area contributed by atoms with Crippen molar-refractivity contribution in [1.29, 1.82) is 0 Å². The number of aliphatic carboxylic acids is 1. The van der Waals surface area contributed by atoms with Gasteiger partial charge in [-0.15, -0.1) is 0 Å². The van der Waals surface area contributed by atoms with Crippen molar-refractivity contribution in [2.45, 2.75) is 75.8 Å². The zero-order chi connectivity index (χ0) is 15.6. The van der Waals surface area contributed by atoms with Crippen LogP contribution in [0.2, 0.25) is 0 Å². The first-order valence-corrected chi connectivity index (χ1v) is 8.90. The van der Waals surface area contributed by atoms with Crippen LogP contribution in [0.5, 0.6) is 0 Å². The van der Waals surface area contributed by atoms with Crippen molar-refractivity contribution < 1.29 is 14.7 Å². The zero-order valence-electron chi connectivity index (χ0n) is 13.4. The third-order valence-electron chi connectivity index (χ3n) is 5.89. The van der Waals surface area contributed by atoms with Crippen LogP contribution in [0.3, 0.4) is 0 Å². The molecule has 5 nitrogen and oxygen atoms in total. The highest BCUT2D eigenvalue weighted by Gasteiger charge is 2.46. The van der Waals surface area contributed by atoms with Gasteiger partial charge in [0.25, 0.3) is 0 Å². The lowest BCUT2D eigenvalue weighted by Gasteiger charge is -2.42. The molecule has 2 saturated carbocycles. The second-order valence-corrected chi connectivity index (χ2v) is 7.36. The van der Waals surface area contributed by atoms with E-state index in [2.05, 4.69) is 10.2 Å². The van der Waals surface area contributed by atoms with Gasteiger partial charge in [0, 0.05) is 12.6 Å². The van der Waals surface area contributed by atoms with E-state index in [0.29, 0.717) is 18.9 Å². The molecule has 3 rings (SSSR count). The maximum Gasteiger partial charge on any atom is 0.329 e. The first kappa shape index (κ1) is 15.8. The van der Waals surface area contributed by atoms with E-state index in [1.54, 1.807) is 0 Å². The number of hydrogen-bond acceptors (Lipinski definition) is 3. The molecule has 0 aromatic heterocycles. The van der Waals surface area contributed by atoms with Crippen molar-refractivity contribution in [2.75, 3.05) is 13.1 Å². The third kappa shape index (κ3) is 3.14. The van der Waals surface area contributed by atoms with Gasteiger partial charge < -0.3 is 10.4 Å². The Hall–Kier alpha value is -1.10. The maximum atomic E-state index is 12.5. The quantitative estimate of drug-likeness (QED) is 0.835. The monoisotopic (exact) mass is 308 g/mol. The van der Waals surface area contributed by atoms with E-state index in [1.807, 2.05) is 0 Å². The molecule has 1 aliphatic heterocycles. The van der Waals surface area contributed by atoms with Crippen molar-refractivity contribution in [3.8, 4) is 0 Å². The summed E-state index contributed by atoms with van der Waals surface area (Å²) < 4.78 is 0. The number of carboxylic acid groups (broad SMARTS) is 1. The van der Waals surface area contributed by atoms with E-state index >= 15 is 0 Å². The molecular weight excluding hydrogens is 280 g/mol. The number of nitrogens with one attached hydrogen (secondary N) is 1. The highest BCUT2D eigenvalue weighted by atomic mass is 16.4. The first-order chi connectivity index (χ1) is 10.6. The number of carbonyl (C=O) groups is 2. The molecule has 0 bridgehead atoms. The number of hydrogen-bond donors (Lipinski definition) is 2. The zero-order valence-corrected chi connectivity index (χ0v) is 13.4. The van der Waals surface area contributed by atoms with Gasteiger partial charge in [0.15, 0.2) is 0 Å². The molecule has 5 heteroatoms. The fraction of sp³-hybridized carbons (Fsp3) is 0.882. The Morgan fingerprint density at radius 2 is 1.73 bits per heavy atom. The SMILES string of the molecule is O=C(NC1(C(=O)O)CCC1)[C@H]1CCCN(C2CCCCC2)C1. The van der Waals surface area contributed by atoms with E-state index in [1.165, 1.54) is 32.1 Å². The average molecular weight is 308 g/mol. The van der Waals surface area contributed by atoms with Crippen LogP contribution in [0.1, 0.15) is 64.2 Å². The van der Waals surface area contributed by atoms with Crippen molar-refractivity contribution in [2.24, 2.45) is 5.92 Å². The Labute approximate surface area is 132 Å². The average Bonchev–Trinajstić information content (AvgIpc) is 2.51. The lowest BCUT2D eigenvalue weighted by atomic mass is 9.76. The van der Waals surface area contributed by atoms with Gasteiger partial charge in [0.2, 0.25) is 5.91 Å². The molecule has 3 aliphatic rings. The van der Waals surface area contributed by atoms with Crippen molar-refractivity contribution in [1.82, 2.24) is 10.2 Å². The minimum atomic E-state index is -0.968. The summed E-state index contributed by atoms with van der Waals surface area (Å²) >= 11 is 0. The number of piperidine rings is 1. The van der Waals surface area contributed by atoms with E-state index < -0.39 is 11.5 Å². The summed E-state index contributed by atoms with van der Waals surface area (Å²) in [6.07, 6.45) is 10.5. The number of carboxylic acids is 1. The smallest absolute Gasteiger partial charge is 0.329 e. The normalized spacial score (nSPS) is 29.5.